The molecule has 2 aromatic rings. The van der Waals surface area contributed by atoms with Gasteiger partial charge in [-0.25, -0.2) is 0 Å². The van der Waals surface area contributed by atoms with Gasteiger partial charge in [-0.05, 0) is 18.9 Å². The molecule has 0 radical (unpaired) electrons. The first-order valence-electron chi connectivity index (χ1n) is 7.48. The molecule has 0 saturated heterocycles. The molecule has 0 fully saturated rings. The van der Waals surface area contributed by atoms with Gasteiger partial charge in [-0.3, -0.25) is 20.0 Å². The summed E-state index contributed by atoms with van der Waals surface area (Å²) in [4.78, 5) is 22.7. The van der Waals surface area contributed by atoms with Crippen LogP contribution in [0.4, 0.5) is 5.69 Å². The highest BCUT2D eigenvalue weighted by Crippen LogP contribution is 2.25. The summed E-state index contributed by atoms with van der Waals surface area (Å²) in [5.41, 5.74) is 0.205. The Bertz CT molecular complexity index is 713. The van der Waals surface area contributed by atoms with Gasteiger partial charge >= 0.3 is 0 Å². The molecule has 8 nitrogen and oxygen atoms in total. The van der Waals surface area contributed by atoms with E-state index in [9.17, 15) is 20.0 Å². The summed E-state index contributed by atoms with van der Waals surface area (Å²) in [6.45, 7) is 4.21. The van der Waals surface area contributed by atoms with Crippen LogP contribution in [0.1, 0.15) is 37.2 Å². The van der Waals surface area contributed by atoms with Crippen LogP contribution in [0.3, 0.4) is 0 Å². The fourth-order valence-electron chi connectivity index (χ4n) is 2.42. The SMILES string of the molecule is CCC(CC)(CO)CNC(=O)c1n[nH]c2ccc([N+](=O)[O-])cc12. The molecule has 0 bridgehead atoms. The summed E-state index contributed by atoms with van der Waals surface area (Å²) in [6, 6.07) is 4.20. The van der Waals surface area contributed by atoms with Crippen LogP contribution in [0.5, 0.6) is 0 Å². The first kappa shape index (κ1) is 16.9. The Morgan fingerprint density at radius 3 is 2.70 bits per heavy atom. The van der Waals surface area contributed by atoms with Gasteiger partial charge in [0.15, 0.2) is 5.69 Å². The Morgan fingerprint density at radius 2 is 2.13 bits per heavy atom. The third-order valence-corrected chi connectivity index (χ3v) is 4.43. The molecule has 0 saturated carbocycles. The van der Waals surface area contributed by atoms with E-state index in [4.69, 9.17) is 0 Å². The van der Waals surface area contributed by atoms with Crippen molar-refractivity contribution in [2.45, 2.75) is 26.7 Å². The zero-order valence-corrected chi connectivity index (χ0v) is 13.1. The van der Waals surface area contributed by atoms with Crippen LogP contribution in [-0.4, -0.2) is 39.3 Å². The lowest BCUT2D eigenvalue weighted by molar-refractivity contribution is -0.384. The lowest BCUT2D eigenvalue weighted by Crippen LogP contribution is -2.39. The number of rotatable bonds is 7. The van der Waals surface area contributed by atoms with Crippen LogP contribution >= 0.6 is 0 Å². The number of aromatic amines is 1. The number of non-ortho nitro benzene ring substituents is 1. The van der Waals surface area contributed by atoms with Crippen LogP contribution < -0.4 is 5.32 Å². The van der Waals surface area contributed by atoms with E-state index in [-0.39, 0.29) is 23.4 Å². The Kier molecular flexibility index (Phi) is 4.95. The number of nitro benzene ring substituents is 1. The molecule has 23 heavy (non-hydrogen) atoms. The molecule has 0 aliphatic carbocycles. The van der Waals surface area contributed by atoms with E-state index in [1.165, 1.54) is 18.2 Å². The molecule has 3 N–H and O–H groups in total. The Morgan fingerprint density at radius 1 is 1.43 bits per heavy atom. The first-order chi connectivity index (χ1) is 11.0. The smallest absolute Gasteiger partial charge is 0.272 e. The molecule has 0 aliphatic rings. The van der Waals surface area contributed by atoms with Crippen molar-refractivity contribution in [3.05, 3.63) is 34.0 Å². The van der Waals surface area contributed by atoms with Gasteiger partial charge < -0.3 is 10.4 Å². The minimum Gasteiger partial charge on any atom is -0.396 e. The van der Waals surface area contributed by atoms with Gasteiger partial charge in [-0.1, -0.05) is 13.8 Å². The molecule has 0 atom stereocenters. The molecule has 1 heterocycles. The number of nitrogens with one attached hydrogen (secondary N) is 2. The predicted octanol–water partition coefficient (Wildman–Crippen LogP) is 2.00. The van der Waals surface area contributed by atoms with E-state index in [1.54, 1.807) is 0 Å². The maximum Gasteiger partial charge on any atom is 0.272 e. The number of hydrogen-bond acceptors (Lipinski definition) is 5. The first-order valence-corrected chi connectivity index (χ1v) is 7.48. The van der Waals surface area contributed by atoms with E-state index in [0.717, 1.165) is 12.8 Å². The highest BCUT2D eigenvalue weighted by Gasteiger charge is 2.27. The number of aliphatic hydroxyl groups is 1. The highest BCUT2D eigenvalue weighted by atomic mass is 16.6. The molecular weight excluding hydrogens is 300 g/mol. The summed E-state index contributed by atoms with van der Waals surface area (Å²) >= 11 is 0. The van der Waals surface area contributed by atoms with Gasteiger partial charge in [0.05, 0.1) is 17.0 Å². The minimum absolute atomic E-state index is 0.0208. The summed E-state index contributed by atoms with van der Waals surface area (Å²) in [6.07, 6.45) is 1.46. The van der Waals surface area contributed by atoms with Gasteiger partial charge in [0.25, 0.3) is 11.6 Å². The number of carbonyl (C=O) groups excluding carboxylic acids is 1. The molecule has 1 aromatic heterocycles. The standard InChI is InChI=1S/C15H20N4O4/c1-3-15(4-2,9-20)8-16-14(21)13-11-7-10(19(22)23)5-6-12(11)17-18-13/h5-7,20H,3-4,8-9H2,1-2H3,(H,16,21)(H,17,18). The van der Waals surface area contributed by atoms with Gasteiger partial charge in [0, 0.05) is 29.5 Å². The number of aliphatic hydroxyl groups excluding tert-OH is 1. The van der Waals surface area contributed by atoms with E-state index in [2.05, 4.69) is 15.5 Å². The average Bonchev–Trinajstić information content (AvgIpc) is 2.99. The number of benzene rings is 1. The van der Waals surface area contributed by atoms with Crippen molar-refractivity contribution >= 4 is 22.5 Å². The summed E-state index contributed by atoms with van der Waals surface area (Å²) in [5, 5.41) is 30.2. The van der Waals surface area contributed by atoms with Gasteiger partial charge in [-0.2, -0.15) is 5.10 Å². The van der Waals surface area contributed by atoms with E-state index in [0.29, 0.717) is 17.4 Å². The molecule has 1 aromatic carbocycles. The topological polar surface area (TPSA) is 121 Å². The van der Waals surface area contributed by atoms with Crippen LogP contribution in [0, 0.1) is 15.5 Å². The second-order valence-electron chi connectivity index (χ2n) is 5.61. The number of nitrogens with zero attached hydrogens (tertiary/aromatic N) is 2. The Hall–Kier alpha value is -2.48. The van der Waals surface area contributed by atoms with Crippen LogP contribution in [0.25, 0.3) is 10.9 Å². The molecular formula is C15H20N4O4. The molecule has 0 unspecified atom stereocenters. The van der Waals surface area contributed by atoms with Crippen molar-refractivity contribution in [1.82, 2.24) is 15.5 Å². The van der Waals surface area contributed by atoms with Crippen molar-refractivity contribution in [3.8, 4) is 0 Å². The van der Waals surface area contributed by atoms with E-state index >= 15 is 0 Å². The molecule has 2 rings (SSSR count). The van der Waals surface area contributed by atoms with Crippen molar-refractivity contribution in [1.29, 1.82) is 0 Å². The second kappa shape index (κ2) is 6.74. The Balaban J connectivity index is 2.24. The number of fused-ring (bicyclic) bond motifs is 1. The largest absolute Gasteiger partial charge is 0.396 e. The predicted molar refractivity (Wildman–Crippen MR) is 85.2 cm³/mol. The maximum atomic E-state index is 12.4. The third-order valence-electron chi connectivity index (χ3n) is 4.43. The maximum absolute atomic E-state index is 12.4. The zero-order chi connectivity index (χ0) is 17.0. The van der Waals surface area contributed by atoms with Gasteiger partial charge in [0.2, 0.25) is 0 Å². The normalized spacial score (nSPS) is 11.6. The monoisotopic (exact) mass is 320 g/mol. The van der Waals surface area contributed by atoms with Crippen molar-refractivity contribution in [2.75, 3.05) is 13.2 Å². The summed E-state index contributed by atoms with van der Waals surface area (Å²) in [5.74, 6) is -0.420. The quantitative estimate of drug-likeness (QED) is 0.532. The Labute approximate surface area is 133 Å². The number of aromatic nitrogens is 2. The fraction of sp³-hybridized carbons (Fsp3) is 0.467. The number of nitro groups is 1. The van der Waals surface area contributed by atoms with Crippen LogP contribution in [0.15, 0.2) is 18.2 Å². The molecule has 0 spiro atoms. The highest BCUT2D eigenvalue weighted by molar-refractivity contribution is 6.05. The van der Waals surface area contributed by atoms with Gasteiger partial charge in [0.1, 0.15) is 0 Å². The van der Waals surface area contributed by atoms with Crippen molar-refractivity contribution in [3.63, 3.8) is 0 Å². The van der Waals surface area contributed by atoms with Crippen LogP contribution in [0.2, 0.25) is 0 Å². The summed E-state index contributed by atoms with van der Waals surface area (Å²) < 4.78 is 0. The fourth-order valence-corrected chi connectivity index (χ4v) is 2.42. The van der Waals surface area contributed by atoms with E-state index in [1.807, 2.05) is 13.8 Å². The number of hydrogen-bond donors (Lipinski definition) is 3. The molecule has 124 valence electrons. The second-order valence-corrected chi connectivity index (χ2v) is 5.61. The zero-order valence-electron chi connectivity index (χ0n) is 13.1. The number of amides is 1. The van der Waals surface area contributed by atoms with Gasteiger partial charge in [-0.15, -0.1) is 0 Å². The molecule has 1 amide bonds. The molecule has 0 aliphatic heterocycles. The lowest BCUT2D eigenvalue weighted by Gasteiger charge is -2.29. The lowest BCUT2D eigenvalue weighted by atomic mass is 9.83. The van der Waals surface area contributed by atoms with E-state index < -0.39 is 10.8 Å². The van der Waals surface area contributed by atoms with Crippen molar-refractivity contribution < 1.29 is 14.8 Å². The minimum atomic E-state index is -0.515. The van der Waals surface area contributed by atoms with Crippen molar-refractivity contribution in [2.24, 2.45) is 5.41 Å². The average molecular weight is 320 g/mol. The third kappa shape index (κ3) is 3.31. The summed E-state index contributed by atoms with van der Waals surface area (Å²) in [7, 11) is 0. The number of carbonyl (C=O) groups is 1. The van der Waals surface area contributed by atoms with Crippen LogP contribution in [-0.2, 0) is 0 Å². The molecule has 8 heteroatoms. The number of H-pyrrole nitrogens is 1.